The highest BCUT2D eigenvalue weighted by Crippen LogP contribution is 2.23. The third-order valence-electron chi connectivity index (χ3n) is 2.56. The Hall–Kier alpha value is -1.76. The van der Waals surface area contributed by atoms with Gasteiger partial charge in [0.1, 0.15) is 0 Å². The Morgan fingerprint density at radius 2 is 1.81 bits per heavy atom. The van der Waals surface area contributed by atoms with Gasteiger partial charge < -0.3 is 5.11 Å². The van der Waals surface area contributed by atoms with Gasteiger partial charge in [0.05, 0.1) is 15.5 Å². The number of hydrogen-bond donors (Lipinski definition) is 2. The van der Waals surface area contributed by atoms with Crippen molar-refractivity contribution in [2.75, 3.05) is 4.72 Å². The third kappa shape index (κ3) is 3.66. The van der Waals surface area contributed by atoms with Crippen LogP contribution in [0.25, 0.3) is 0 Å². The number of benzene rings is 2. The summed E-state index contributed by atoms with van der Waals surface area (Å²) in [7, 11) is -3.86. The number of aromatic carboxylic acids is 1. The molecule has 110 valence electrons. The molecule has 0 aliphatic rings. The fraction of sp³-hybridized carbons (Fsp3) is 0. The lowest BCUT2D eigenvalue weighted by molar-refractivity contribution is 0.0697. The van der Waals surface area contributed by atoms with Gasteiger partial charge in [-0.05, 0) is 36.4 Å². The average molecular weight is 346 g/mol. The van der Waals surface area contributed by atoms with E-state index in [0.29, 0.717) is 0 Å². The predicted molar refractivity (Wildman–Crippen MR) is 80.7 cm³/mol. The Balaban J connectivity index is 2.37. The van der Waals surface area contributed by atoms with Crippen LogP contribution in [-0.2, 0) is 10.0 Å². The maximum Gasteiger partial charge on any atom is 0.337 e. The lowest BCUT2D eigenvalue weighted by Gasteiger charge is -2.09. The standard InChI is InChI=1S/C13H9Cl2NO4S/c14-8-2-1-3-10(6-8)21(19,20)16-9-4-5-12(15)11(7-9)13(17)18/h1-7,16H,(H,17,18). The number of carbonyl (C=O) groups is 1. The van der Waals surface area contributed by atoms with Gasteiger partial charge in [-0.3, -0.25) is 4.72 Å². The van der Waals surface area contributed by atoms with Gasteiger partial charge in [0, 0.05) is 10.7 Å². The van der Waals surface area contributed by atoms with Crippen molar-refractivity contribution in [3.63, 3.8) is 0 Å². The topological polar surface area (TPSA) is 83.5 Å². The summed E-state index contributed by atoms with van der Waals surface area (Å²) in [5, 5.41) is 9.26. The SMILES string of the molecule is O=C(O)c1cc(NS(=O)(=O)c2cccc(Cl)c2)ccc1Cl. The van der Waals surface area contributed by atoms with Crippen molar-refractivity contribution in [2.24, 2.45) is 0 Å². The zero-order valence-electron chi connectivity index (χ0n) is 10.4. The second-order valence-electron chi connectivity index (χ2n) is 4.06. The Bertz CT molecular complexity index is 806. The Morgan fingerprint density at radius 3 is 2.43 bits per heavy atom. The minimum Gasteiger partial charge on any atom is -0.478 e. The first-order valence-corrected chi connectivity index (χ1v) is 7.85. The number of sulfonamides is 1. The second kappa shape index (κ2) is 5.93. The maximum absolute atomic E-state index is 12.2. The third-order valence-corrected chi connectivity index (χ3v) is 4.50. The van der Waals surface area contributed by atoms with Gasteiger partial charge in [0.25, 0.3) is 10.0 Å². The fourth-order valence-corrected chi connectivity index (χ4v) is 3.15. The number of nitrogens with one attached hydrogen (secondary N) is 1. The summed E-state index contributed by atoms with van der Waals surface area (Å²) in [6.45, 7) is 0. The monoisotopic (exact) mass is 345 g/mol. The van der Waals surface area contributed by atoms with Crippen LogP contribution in [0.3, 0.4) is 0 Å². The molecule has 0 unspecified atom stereocenters. The number of hydrogen-bond acceptors (Lipinski definition) is 3. The van der Waals surface area contributed by atoms with Crippen LogP contribution >= 0.6 is 23.2 Å². The van der Waals surface area contributed by atoms with Crippen molar-refractivity contribution in [1.29, 1.82) is 0 Å². The maximum atomic E-state index is 12.2. The predicted octanol–water partition coefficient (Wildman–Crippen LogP) is 3.49. The van der Waals surface area contributed by atoms with E-state index in [2.05, 4.69) is 4.72 Å². The summed E-state index contributed by atoms with van der Waals surface area (Å²) in [4.78, 5) is 10.9. The molecule has 0 aliphatic heterocycles. The normalized spacial score (nSPS) is 11.1. The van der Waals surface area contributed by atoms with Crippen molar-refractivity contribution in [3.8, 4) is 0 Å². The Morgan fingerprint density at radius 1 is 1.10 bits per heavy atom. The smallest absolute Gasteiger partial charge is 0.337 e. The zero-order valence-corrected chi connectivity index (χ0v) is 12.7. The van der Waals surface area contributed by atoms with Crippen molar-refractivity contribution < 1.29 is 18.3 Å². The van der Waals surface area contributed by atoms with Crippen LogP contribution in [0.2, 0.25) is 10.0 Å². The van der Waals surface area contributed by atoms with E-state index in [1.165, 1.54) is 30.3 Å². The Labute approximate surface area is 131 Å². The van der Waals surface area contributed by atoms with Gasteiger partial charge in [0.15, 0.2) is 0 Å². The number of carboxylic acids is 1. The first kappa shape index (κ1) is 15.6. The molecule has 0 spiro atoms. The summed E-state index contributed by atoms with van der Waals surface area (Å²) in [5.41, 5.74) is -0.0975. The summed E-state index contributed by atoms with van der Waals surface area (Å²) in [5.74, 6) is -1.25. The minimum absolute atomic E-state index is 0.0215. The number of rotatable bonds is 4. The summed E-state index contributed by atoms with van der Waals surface area (Å²) in [6.07, 6.45) is 0. The summed E-state index contributed by atoms with van der Waals surface area (Å²) in [6, 6.07) is 9.54. The summed E-state index contributed by atoms with van der Waals surface area (Å²) < 4.78 is 26.6. The van der Waals surface area contributed by atoms with Crippen LogP contribution in [0.15, 0.2) is 47.4 Å². The molecule has 0 radical (unpaired) electrons. The number of halogens is 2. The van der Waals surface area contributed by atoms with Gasteiger partial charge in [-0.15, -0.1) is 0 Å². The molecule has 0 saturated carbocycles. The van der Waals surface area contributed by atoms with Crippen molar-refractivity contribution in [1.82, 2.24) is 0 Å². The molecule has 2 aromatic carbocycles. The van der Waals surface area contributed by atoms with Gasteiger partial charge in [-0.2, -0.15) is 0 Å². The molecular weight excluding hydrogens is 337 g/mol. The molecule has 0 heterocycles. The lowest BCUT2D eigenvalue weighted by atomic mass is 10.2. The molecule has 21 heavy (non-hydrogen) atoms. The van der Waals surface area contributed by atoms with Crippen LogP contribution < -0.4 is 4.72 Å². The van der Waals surface area contributed by atoms with Crippen LogP contribution in [-0.4, -0.2) is 19.5 Å². The molecule has 0 bridgehead atoms. The largest absolute Gasteiger partial charge is 0.478 e. The van der Waals surface area contributed by atoms with E-state index in [1.807, 2.05) is 0 Å². The van der Waals surface area contributed by atoms with Crippen molar-refractivity contribution in [3.05, 3.63) is 58.1 Å². The van der Waals surface area contributed by atoms with Crippen molar-refractivity contribution >= 4 is 44.9 Å². The number of anilines is 1. The highest BCUT2D eigenvalue weighted by molar-refractivity contribution is 7.92. The molecule has 2 N–H and O–H groups in total. The van der Waals surface area contributed by atoms with Crippen molar-refractivity contribution in [2.45, 2.75) is 4.90 Å². The molecule has 8 heteroatoms. The highest BCUT2D eigenvalue weighted by atomic mass is 35.5. The van der Waals surface area contributed by atoms with Gasteiger partial charge >= 0.3 is 5.97 Å². The van der Waals surface area contributed by atoms with Crippen LogP contribution in [0, 0.1) is 0 Å². The first-order valence-electron chi connectivity index (χ1n) is 5.61. The van der Waals surface area contributed by atoms with E-state index in [0.717, 1.165) is 6.07 Å². The lowest BCUT2D eigenvalue weighted by Crippen LogP contribution is -2.13. The molecule has 5 nitrogen and oxygen atoms in total. The molecular formula is C13H9Cl2NO4S. The highest BCUT2D eigenvalue weighted by Gasteiger charge is 2.16. The van der Waals surface area contributed by atoms with E-state index in [-0.39, 0.29) is 26.2 Å². The van der Waals surface area contributed by atoms with Gasteiger partial charge in [-0.1, -0.05) is 29.3 Å². The van der Waals surface area contributed by atoms with E-state index < -0.39 is 16.0 Å². The molecule has 2 rings (SSSR count). The quantitative estimate of drug-likeness (QED) is 0.888. The summed E-state index contributed by atoms with van der Waals surface area (Å²) >= 11 is 11.5. The molecule has 0 aliphatic carbocycles. The molecule has 0 atom stereocenters. The van der Waals surface area contributed by atoms with E-state index in [9.17, 15) is 13.2 Å². The van der Waals surface area contributed by atoms with E-state index >= 15 is 0 Å². The van der Waals surface area contributed by atoms with Crippen LogP contribution in [0.5, 0.6) is 0 Å². The molecule has 0 saturated heterocycles. The van der Waals surface area contributed by atoms with Gasteiger partial charge in [-0.25, -0.2) is 13.2 Å². The average Bonchev–Trinajstić information content (AvgIpc) is 2.40. The van der Waals surface area contributed by atoms with E-state index in [4.69, 9.17) is 28.3 Å². The Kier molecular flexibility index (Phi) is 4.41. The zero-order chi connectivity index (χ0) is 15.6. The van der Waals surface area contributed by atoms with Crippen LogP contribution in [0.1, 0.15) is 10.4 Å². The van der Waals surface area contributed by atoms with Crippen LogP contribution in [0.4, 0.5) is 5.69 Å². The minimum atomic E-state index is -3.86. The fourth-order valence-electron chi connectivity index (χ4n) is 1.60. The molecule has 0 aromatic heterocycles. The number of carboxylic acid groups (broad SMARTS) is 1. The van der Waals surface area contributed by atoms with E-state index in [1.54, 1.807) is 6.07 Å². The molecule has 0 fully saturated rings. The molecule has 2 aromatic rings. The van der Waals surface area contributed by atoms with Gasteiger partial charge in [0.2, 0.25) is 0 Å². The molecule has 0 amide bonds. The second-order valence-corrected chi connectivity index (χ2v) is 6.59. The first-order chi connectivity index (χ1) is 9.79.